The van der Waals surface area contributed by atoms with Crippen LogP contribution >= 0.6 is 22.9 Å². The van der Waals surface area contributed by atoms with Gasteiger partial charge in [0, 0.05) is 12.4 Å². The van der Waals surface area contributed by atoms with E-state index in [4.69, 9.17) is 16.3 Å². The van der Waals surface area contributed by atoms with Gasteiger partial charge in [0.2, 0.25) is 0 Å². The fourth-order valence-corrected chi connectivity index (χ4v) is 2.23. The van der Waals surface area contributed by atoms with Crippen molar-refractivity contribution in [3.8, 4) is 11.4 Å². The van der Waals surface area contributed by atoms with Gasteiger partial charge in [0.05, 0.1) is 12.8 Å². The highest BCUT2D eigenvalue weighted by atomic mass is 35.5. The van der Waals surface area contributed by atoms with E-state index in [0.29, 0.717) is 22.9 Å². The molecule has 2 heterocycles. The number of aromatic nitrogens is 3. The van der Waals surface area contributed by atoms with Gasteiger partial charge in [-0.25, -0.2) is 9.78 Å². The average molecular weight is 270 g/mol. The summed E-state index contributed by atoms with van der Waals surface area (Å²) in [5, 5.41) is 0. The van der Waals surface area contributed by atoms with Crippen LogP contribution in [0.2, 0.25) is 4.47 Å². The van der Waals surface area contributed by atoms with Crippen LogP contribution in [0.4, 0.5) is 0 Å². The Morgan fingerprint density at radius 3 is 3.00 bits per heavy atom. The van der Waals surface area contributed by atoms with E-state index in [1.54, 1.807) is 13.1 Å². The summed E-state index contributed by atoms with van der Waals surface area (Å²) >= 11 is 6.88. The van der Waals surface area contributed by atoms with Crippen molar-refractivity contribution >= 4 is 28.9 Å². The first-order valence-electron chi connectivity index (χ1n) is 4.82. The lowest BCUT2D eigenvalue weighted by molar-refractivity contribution is 0.0532. The molecule has 0 fully saturated rings. The maximum Gasteiger partial charge on any atom is 0.350 e. The van der Waals surface area contributed by atoms with Crippen LogP contribution in [-0.4, -0.2) is 27.5 Å². The second-order valence-corrected chi connectivity index (χ2v) is 4.54. The summed E-state index contributed by atoms with van der Waals surface area (Å²) in [5.41, 5.74) is 0.908. The summed E-state index contributed by atoms with van der Waals surface area (Å²) in [6.07, 6.45) is 4.59. The topological polar surface area (TPSA) is 65.0 Å². The molecular formula is C10H8ClN3O2S. The maximum atomic E-state index is 11.7. The van der Waals surface area contributed by atoms with Crippen LogP contribution in [0.25, 0.3) is 11.4 Å². The van der Waals surface area contributed by atoms with E-state index in [1.165, 1.54) is 12.4 Å². The van der Waals surface area contributed by atoms with Crippen molar-refractivity contribution in [2.75, 3.05) is 6.61 Å². The number of hydrogen-bond donors (Lipinski definition) is 0. The second-order valence-electron chi connectivity index (χ2n) is 2.96. The van der Waals surface area contributed by atoms with Crippen LogP contribution in [0.5, 0.6) is 0 Å². The van der Waals surface area contributed by atoms with E-state index < -0.39 is 5.97 Å². The van der Waals surface area contributed by atoms with E-state index in [9.17, 15) is 4.79 Å². The number of halogens is 1. The van der Waals surface area contributed by atoms with Gasteiger partial charge in [0.15, 0.2) is 4.47 Å². The first kappa shape index (κ1) is 11.9. The number of hydrogen-bond acceptors (Lipinski definition) is 6. The molecular weight excluding hydrogens is 262 g/mol. The number of ether oxygens (including phenoxy) is 1. The Kier molecular flexibility index (Phi) is 3.65. The molecule has 0 N–H and O–H groups in total. The normalized spacial score (nSPS) is 10.2. The number of carbonyl (C=O) groups excluding carboxylic acids is 1. The zero-order valence-corrected chi connectivity index (χ0v) is 10.5. The third-order valence-electron chi connectivity index (χ3n) is 1.87. The predicted molar refractivity (Wildman–Crippen MR) is 64.1 cm³/mol. The van der Waals surface area contributed by atoms with Gasteiger partial charge in [-0.2, -0.15) is 0 Å². The van der Waals surface area contributed by atoms with Crippen molar-refractivity contribution in [3.05, 3.63) is 27.9 Å². The lowest BCUT2D eigenvalue weighted by Gasteiger charge is -2.00. The summed E-state index contributed by atoms with van der Waals surface area (Å²) in [7, 11) is 0. The molecule has 0 atom stereocenters. The lowest BCUT2D eigenvalue weighted by Crippen LogP contribution is -2.04. The number of thiazole rings is 1. The molecule has 0 aliphatic carbocycles. The van der Waals surface area contributed by atoms with E-state index >= 15 is 0 Å². The predicted octanol–water partition coefficient (Wildman–Crippen LogP) is 2.43. The molecule has 0 bridgehead atoms. The third kappa shape index (κ3) is 2.59. The summed E-state index contributed by atoms with van der Waals surface area (Å²) in [6.45, 7) is 2.04. The molecule has 0 aromatic carbocycles. The number of esters is 1. The monoisotopic (exact) mass is 269 g/mol. The second kappa shape index (κ2) is 5.20. The molecule has 0 amide bonds. The average Bonchev–Trinajstić information content (AvgIpc) is 2.73. The van der Waals surface area contributed by atoms with Gasteiger partial charge in [0.1, 0.15) is 16.3 Å². The number of nitrogens with zero attached hydrogens (tertiary/aromatic N) is 3. The van der Waals surface area contributed by atoms with Crippen LogP contribution < -0.4 is 0 Å². The molecule has 17 heavy (non-hydrogen) atoms. The van der Waals surface area contributed by atoms with E-state index in [-0.39, 0.29) is 4.47 Å². The van der Waals surface area contributed by atoms with Crippen LogP contribution in [0.15, 0.2) is 18.6 Å². The molecule has 0 radical (unpaired) electrons. The Labute approximate surface area is 106 Å². The van der Waals surface area contributed by atoms with Crippen molar-refractivity contribution in [2.45, 2.75) is 6.92 Å². The van der Waals surface area contributed by atoms with E-state index in [1.807, 2.05) is 0 Å². The zero-order chi connectivity index (χ0) is 12.3. The molecule has 7 heteroatoms. The summed E-state index contributed by atoms with van der Waals surface area (Å²) in [5.74, 6) is -0.447. The van der Waals surface area contributed by atoms with Gasteiger partial charge in [0.25, 0.3) is 0 Å². The van der Waals surface area contributed by atoms with Gasteiger partial charge in [-0.05, 0) is 6.92 Å². The Bertz CT molecular complexity index is 530. The first-order chi connectivity index (χ1) is 8.22. The van der Waals surface area contributed by atoms with Crippen LogP contribution in [0.1, 0.15) is 16.6 Å². The minimum Gasteiger partial charge on any atom is -0.462 e. The van der Waals surface area contributed by atoms with Crippen molar-refractivity contribution in [1.82, 2.24) is 15.0 Å². The van der Waals surface area contributed by atoms with Crippen molar-refractivity contribution in [2.24, 2.45) is 0 Å². The standard InChI is InChI=1S/C10H8ClN3O2S/c1-2-16-9(15)8-7(14-10(11)17-8)6-5-12-3-4-13-6/h3-5H,2H2,1H3. The Balaban J connectivity index is 2.44. The minimum atomic E-state index is -0.447. The van der Waals surface area contributed by atoms with E-state index in [0.717, 1.165) is 11.3 Å². The Morgan fingerprint density at radius 2 is 2.35 bits per heavy atom. The van der Waals surface area contributed by atoms with Crippen molar-refractivity contribution in [1.29, 1.82) is 0 Å². The van der Waals surface area contributed by atoms with E-state index in [2.05, 4.69) is 15.0 Å². The van der Waals surface area contributed by atoms with Crippen molar-refractivity contribution in [3.63, 3.8) is 0 Å². The third-order valence-corrected chi connectivity index (χ3v) is 3.01. The highest BCUT2D eigenvalue weighted by Crippen LogP contribution is 2.29. The van der Waals surface area contributed by atoms with Gasteiger partial charge >= 0.3 is 5.97 Å². The minimum absolute atomic E-state index is 0.272. The SMILES string of the molecule is CCOC(=O)c1sc(Cl)nc1-c1cnccn1. The Morgan fingerprint density at radius 1 is 1.53 bits per heavy atom. The maximum absolute atomic E-state index is 11.7. The molecule has 2 aromatic rings. The highest BCUT2D eigenvalue weighted by Gasteiger charge is 2.20. The van der Waals surface area contributed by atoms with Crippen LogP contribution in [0, 0.1) is 0 Å². The summed E-state index contributed by atoms with van der Waals surface area (Å²) in [6, 6.07) is 0. The molecule has 2 aromatic heterocycles. The summed E-state index contributed by atoms with van der Waals surface area (Å²) in [4.78, 5) is 24.1. The zero-order valence-electron chi connectivity index (χ0n) is 8.88. The smallest absolute Gasteiger partial charge is 0.350 e. The molecule has 0 aliphatic heterocycles. The molecule has 0 saturated heterocycles. The van der Waals surface area contributed by atoms with Crippen LogP contribution in [-0.2, 0) is 4.74 Å². The van der Waals surface area contributed by atoms with Crippen LogP contribution in [0.3, 0.4) is 0 Å². The Hall–Kier alpha value is -1.53. The summed E-state index contributed by atoms with van der Waals surface area (Å²) < 4.78 is 5.20. The molecule has 0 saturated carbocycles. The van der Waals surface area contributed by atoms with Gasteiger partial charge < -0.3 is 4.74 Å². The first-order valence-corrected chi connectivity index (χ1v) is 6.01. The molecule has 0 spiro atoms. The highest BCUT2D eigenvalue weighted by molar-refractivity contribution is 7.17. The van der Waals surface area contributed by atoms with Crippen molar-refractivity contribution < 1.29 is 9.53 Å². The quantitative estimate of drug-likeness (QED) is 0.801. The van der Waals surface area contributed by atoms with Gasteiger partial charge in [-0.15, -0.1) is 0 Å². The fourth-order valence-electron chi connectivity index (χ4n) is 1.22. The van der Waals surface area contributed by atoms with Gasteiger partial charge in [-0.3, -0.25) is 9.97 Å². The molecule has 0 aliphatic rings. The number of rotatable bonds is 3. The molecule has 0 unspecified atom stereocenters. The number of carbonyl (C=O) groups is 1. The fraction of sp³-hybridized carbons (Fsp3) is 0.200. The molecule has 5 nitrogen and oxygen atoms in total. The lowest BCUT2D eigenvalue weighted by atomic mass is 10.3. The molecule has 88 valence electrons. The van der Waals surface area contributed by atoms with Gasteiger partial charge in [-0.1, -0.05) is 22.9 Å². The largest absolute Gasteiger partial charge is 0.462 e. The molecule has 2 rings (SSSR count).